The third kappa shape index (κ3) is 21.9. The van der Waals surface area contributed by atoms with Crippen LogP contribution in [0, 0.1) is 25.5 Å². The van der Waals surface area contributed by atoms with E-state index in [1.54, 1.807) is 88.5 Å². The molecule has 0 unspecified atom stereocenters. The van der Waals surface area contributed by atoms with Crippen LogP contribution in [0.2, 0.25) is 0 Å². The molecule has 2 amide bonds. The summed E-state index contributed by atoms with van der Waals surface area (Å²) in [5.41, 5.74) is 12.3. The fourth-order valence-electron chi connectivity index (χ4n) is 15.5. The van der Waals surface area contributed by atoms with Gasteiger partial charge in [0.25, 0.3) is 11.8 Å². The fraction of sp³-hybridized carbons (Fsp3) is 0.312. The van der Waals surface area contributed by atoms with E-state index >= 15 is 4.79 Å². The molecule has 0 saturated heterocycles. The number of anilines is 4. The molecule has 8 bridgehead atoms. The zero-order chi connectivity index (χ0) is 91.1. The average molecular weight is 1890 g/mol. The lowest BCUT2D eigenvalue weighted by Gasteiger charge is -2.18. The monoisotopic (exact) mass is 1880 g/mol. The summed E-state index contributed by atoms with van der Waals surface area (Å²) >= 11 is 6.55. The lowest BCUT2D eigenvalue weighted by Crippen LogP contribution is -2.35. The Morgan fingerprint density at radius 1 is 0.574 bits per heavy atom. The van der Waals surface area contributed by atoms with Crippen LogP contribution in [0.4, 0.5) is 31.8 Å². The molecular weight excluding hydrogens is 1790 g/mol. The van der Waals surface area contributed by atoms with Crippen LogP contribution in [0.15, 0.2) is 138 Å². The Morgan fingerprint density at radius 3 is 1.64 bits per heavy atom. The number of hydrogen-bond acceptors (Lipinski definition) is 26. The van der Waals surface area contributed by atoms with Gasteiger partial charge in [-0.3, -0.25) is 43.1 Å². The number of amides is 2. The van der Waals surface area contributed by atoms with Gasteiger partial charge in [-0.1, -0.05) is 81.6 Å². The van der Waals surface area contributed by atoms with Gasteiger partial charge in [0.05, 0.1) is 97.8 Å². The summed E-state index contributed by atoms with van der Waals surface area (Å²) in [5.74, 6) is -2.79. The van der Waals surface area contributed by atoms with Crippen molar-refractivity contribution in [3.8, 4) is 34.5 Å². The number of ether oxygens (including phenoxy) is 8. The van der Waals surface area contributed by atoms with Crippen molar-refractivity contribution in [3.63, 3.8) is 0 Å². The number of fused-ring (bicyclic) bond motifs is 10. The molecule has 2 atom stereocenters. The number of nitrogens with zero attached hydrogens (tertiary/aromatic N) is 12. The predicted octanol–water partition coefficient (Wildman–Crippen LogP) is 17.5. The van der Waals surface area contributed by atoms with Crippen LogP contribution in [0.1, 0.15) is 180 Å². The number of rotatable bonds is 38. The highest BCUT2D eigenvalue weighted by Crippen LogP contribution is 2.45. The maximum absolute atomic E-state index is 15.2. The zero-order valence-electron chi connectivity index (χ0n) is 72.3. The molecule has 0 radical (unpaired) electrons. The van der Waals surface area contributed by atoms with Crippen molar-refractivity contribution >= 4 is 152 Å². The maximum atomic E-state index is 15.2. The SMILES string of the molecule is C=Cc1c(C)c2cc3nc(c(CC(=O)OC)c4[nH]c(cc5nc(cc1[nH]2)C(C)=C5CC)c(C)c4C(=O)NCCNC(=O)c1cc(OCc2cn(CCCCCC(=O)Oc4cc5ncnc(Nc6ccc(Br)cc6F)c5cc4OC)nn2)cc(OCc2cn(CCCCCC(=O)Oc4cc5ncnc(Nc6ccc(Br)cc6F)c5cc4OC)nn2)c1)[C@@H](CCC(=O)OC)[C@@H]3C. The number of carbonyl (C=O) groups is 6. The molecule has 0 spiro atoms. The second-order valence-corrected chi connectivity index (χ2v) is 32.7. The molecule has 2 aliphatic rings. The largest absolute Gasteiger partial charge is 0.493 e. The molecule has 14 rings (SSSR count). The van der Waals surface area contributed by atoms with Crippen LogP contribution >= 0.6 is 31.9 Å². The number of hydrogen-bond donors (Lipinski definition) is 6. The van der Waals surface area contributed by atoms with Gasteiger partial charge in [0, 0.05) is 134 Å². The maximum Gasteiger partial charge on any atom is 0.311 e. The summed E-state index contributed by atoms with van der Waals surface area (Å²) in [6, 6.07) is 26.2. The normalized spacial score (nSPS) is 13.0. The lowest BCUT2D eigenvalue weighted by molar-refractivity contribution is -0.141. The minimum atomic E-state index is -0.597. The first-order valence-electron chi connectivity index (χ1n) is 41.9. The third-order valence-corrected chi connectivity index (χ3v) is 23.4. The van der Waals surface area contributed by atoms with E-state index in [1.165, 1.54) is 53.2 Å². The van der Waals surface area contributed by atoms with Crippen LogP contribution in [-0.4, -0.2) is 147 Å². The van der Waals surface area contributed by atoms with Crippen molar-refractivity contribution in [3.05, 3.63) is 217 Å². The average Bonchev–Trinajstić information content (AvgIpc) is 1.65. The van der Waals surface area contributed by atoms with Gasteiger partial charge in [-0.15, -0.1) is 10.2 Å². The van der Waals surface area contributed by atoms with Crippen LogP contribution in [0.3, 0.4) is 0 Å². The molecule has 129 heavy (non-hydrogen) atoms. The van der Waals surface area contributed by atoms with E-state index in [4.69, 9.17) is 47.9 Å². The topological polar surface area (TPSA) is 395 Å². The van der Waals surface area contributed by atoms with E-state index in [0.29, 0.717) is 157 Å². The van der Waals surface area contributed by atoms with Crippen molar-refractivity contribution in [1.29, 1.82) is 0 Å². The molecule has 6 N–H and O–H groups in total. The predicted molar refractivity (Wildman–Crippen MR) is 486 cm³/mol. The van der Waals surface area contributed by atoms with Crippen molar-refractivity contribution < 1.29 is 75.4 Å². The molecule has 12 aromatic rings. The van der Waals surface area contributed by atoms with Gasteiger partial charge in [0.15, 0.2) is 23.0 Å². The Balaban J connectivity index is 0.649. The summed E-state index contributed by atoms with van der Waals surface area (Å²) in [4.78, 5) is 118. The molecular formula is C93H94Br2F2N18O14. The Morgan fingerprint density at radius 2 is 1.12 bits per heavy atom. The van der Waals surface area contributed by atoms with E-state index in [1.807, 2.05) is 52.0 Å². The smallest absolute Gasteiger partial charge is 0.311 e. The summed E-state index contributed by atoms with van der Waals surface area (Å²) in [7, 11) is 5.51. The Labute approximate surface area is 756 Å². The van der Waals surface area contributed by atoms with Crippen molar-refractivity contribution in [2.75, 3.05) is 52.2 Å². The van der Waals surface area contributed by atoms with E-state index in [2.05, 4.69) is 117 Å². The molecule has 0 fully saturated rings. The van der Waals surface area contributed by atoms with Gasteiger partial charge in [-0.2, -0.15) is 0 Å². The number of esters is 4. The molecule has 9 heterocycles. The van der Waals surface area contributed by atoms with Crippen LogP contribution in [-0.2, 0) is 61.4 Å². The first-order valence-corrected chi connectivity index (χ1v) is 43.4. The van der Waals surface area contributed by atoms with E-state index in [-0.39, 0.29) is 115 Å². The first kappa shape index (κ1) is 91.3. The van der Waals surface area contributed by atoms with Crippen LogP contribution in [0.5, 0.6) is 34.5 Å². The molecule has 0 aliphatic carbocycles. The molecule has 0 saturated carbocycles. The van der Waals surface area contributed by atoms with Crippen molar-refractivity contribution in [2.45, 2.75) is 150 Å². The fourth-order valence-corrected chi connectivity index (χ4v) is 16.2. The van der Waals surface area contributed by atoms with Gasteiger partial charge in [-0.25, -0.2) is 33.7 Å². The van der Waals surface area contributed by atoms with Gasteiger partial charge in [0.1, 0.15) is 72.0 Å². The summed E-state index contributed by atoms with van der Waals surface area (Å²) in [6.07, 6.45) is 12.4. The minimum Gasteiger partial charge on any atom is -0.493 e. The Kier molecular flexibility index (Phi) is 29.5. The number of H-pyrrole nitrogens is 2. The number of halogens is 4. The number of benzene rings is 5. The Bertz CT molecular complexity index is 6300. The van der Waals surface area contributed by atoms with E-state index in [0.717, 1.165) is 39.0 Å². The van der Waals surface area contributed by atoms with E-state index < -0.39 is 53.2 Å². The summed E-state index contributed by atoms with van der Waals surface area (Å²) in [6.45, 7) is 14.7. The molecule has 32 nitrogen and oxygen atoms in total. The molecule has 7 aromatic heterocycles. The van der Waals surface area contributed by atoms with Crippen molar-refractivity contribution in [2.24, 2.45) is 0 Å². The highest BCUT2D eigenvalue weighted by Gasteiger charge is 2.35. The number of aromatic nitrogens is 14. The lowest BCUT2D eigenvalue weighted by atomic mass is 9.85. The number of nitrogens with one attached hydrogen (secondary N) is 6. The van der Waals surface area contributed by atoms with Gasteiger partial charge >= 0.3 is 23.9 Å². The third-order valence-electron chi connectivity index (χ3n) is 22.4. The first-order chi connectivity index (χ1) is 62.4. The van der Waals surface area contributed by atoms with Crippen molar-refractivity contribution in [1.82, 2.24) is 80.5 Å². The van der Waals surface area contributed by atoms with Crippen LogP contribution < -0.4 is 49.7 Å². The van der Waals surface area contributed by atoms with Crippen LogP contribution in [0.25, 0.3) is 61.1 Å². The molecule has 36 heteroatoms. The number of carbonyl (C=O) groups excluding carboxylic acids is 6. The number of allylic oxidation sites excluding steroid dienone is 2. The number of methoxy groups -OCH3 is 4. The highest BCUT2D eigenvalue weighted by molar-refractivity contribution is 9.10. The molecule has 5 aromatic carbocycles. The van der Waals surface area contributed by atoms with Gasteiger partial charge < -0.3 is 69.1 Å². The number of aryl methyl sites for hydroxylation is 4. The zero-order valence-corrected chi connectivity index (χ0v) is 75.5. The quantitative estimate of drug-likeness (QED) is 0.0119. The second kappa shape index (κ2) is 41.7. The molecule has 668 valence electrons. The van der Waals surface area contributed by atoms with Gasteiger partial charge in [-0.05, 0) is 160 Å². The summed E-state index contributed by atoms with van der Waals surface area (Å²) in [5, 5.41) is 30.4. The number of aromatic amines is 2. The standard InChI is InChI=1S/C93H94Br2F2N18O14/c1-11-61-50(3)71-39-73-52(5)63(23-26-83(116)124-9)88(106-73)66(38-86(119)125-10)89-87(53(6)74(107-89)41-78-62(12-2)51(4)72(105-78)40-77(61)104-71)93(121)99-28-27-98-92(120)54-31-59(126-46-57-44-114(112-110-57)29-17-13-15-19-84(117)128-81-42-75-64(36-79(81)122-7)90(102-48-100-75)108-69-24-21-55(94)33-67(69)96)35-60(32-54)127-47-58-45-115(113-111-58)30-18-14-16-20-85(118)129-82-43-76-65(37-80(82)123-8)91(103-49-101-76)109-70-25-22-56(95)34-68(70)97/h11,21-22,24-25,31-37,39-45,48-49,52,63,104,107H,1,12-20,23,26-30,38,46-47H2,2-10H3,(H,98,120)(H,99,121)(H,100,102,108)(H,101,103,109)/t52-,63-/m0/s1. The minimum absolute atomic E-state index is 0.0421. The second-order valence-electron chi connectivity index (χ2n) is 30.8. The highest BCUT2D eigenvalue weighted by atomic mass is 79.9. The van der Waals surface area contributed by atoms with E-state index in [9.17, 15) is 32.8 Å². The van der Waals surface area contributed by atoms with Gasteiger partial charge in [0.2, 0.25) is 0 Å². The molecule has 2 aliphatic heterocycles. The number of unbranched alkanes of at least 4 members (excludes halogenated alkanes) is 4. The summed E-state index contributed by atoms with van der Waals surface area (Å²) < 4.78 is 79.9. The Hall–Kier alpha value is -13.9.